The predicted octanol–water partition coefficient (Wildman–Crippen LogP) is 0.704. The fourth-order valence-electron chi connectivity index (χ4n) is 2.43. The minimum Gasteiger partial charge on any atom is -0.480 e. The van der Waals surface area contributed by atoms with Crippen molar-refractivity contribution < 1.29 is 18.7 Å². The van der Waals surface area contributed by atoms with E-state index in [1.807, 2.05) is 0 Å². The van der Waals surface area contributed by atoms with Crippen LogP contribution in [0.1, 0.15) is 12.8 Å². The lowest BCUT2D eigenvalue weighted by Crippen LogP contribution is -2.35. The van der Waals surface area contributed by atoms with Gasteiger partial charge in [0, 0.05) is 18.9 Å². The number of carbonyl (C=O) groups is 1. The smallest absolute Gasteiger partial charge is 0.320 e. The summed E-state index contributed by atoms with van der Waals surface area (Å²) < 4.78 is 26.2. The fourth-order valence-corrected chi connectivity index (χ4v) is 2.43. The number of rotatable bonds is 1. The first-order valence-corrected chi connectivity index (χ1v) is 4.36. The van der Waals surface area contributed by atoms with Crippen LogP contribution in [-0.4, -0.2) is 29.6 Å². The zero-order valence-corrected chi connectivity index (χ0v) is 6.96. The Morgan fingerprint density at radius 2 is 2.23 bits per heavy atom. The second-order valence-corrected chi connectivity index (χ2v) is 3.79. The van der Waals surface area contributed by atoms with Gasteiger partial charge in [0.05, 0.1) is 0 Å². The minimum absolute atomic E-state index is 0.134. The molecule has 3 atom stereocenters. The molecule has 1 aliphatic carbocycles. The van der Waals surface area contributed by atoms with Crippen molar-refractivity contribution in [2.24, 2.45) is 11.8 Å². The quantitative estimate of drug-likeness (QED) is 0.641. The van der Waals surface area contributed by atoms with E-state index in [1.165, 1.54) is 0 Å². The molecule has 2 fully saturated rings. The zero-order valence-electron chi connectivity index (χ0n) is 6.96. The summed E-state index contributed by atoms with van der Waals surface area (Å²) >= 11 is 0. The molecule has 1 aliphatic heterocycles. The van der Waals surface area contributed by atoms with Crippen molar-refractivity contribution in [1.29, 1.82) is 0 Å². The van der Waals surface area contributed by atoms with E-state index in [4.69, 9.17) is 5.11 Å². The first-order valence-electron chi connectivity index (χ1n) is 4.36. The third-order valence-corrected chi connectivity index (χ3v) is 3.12. The molecule has 5 heteroatoms. The van der Waals surface area contributed by atoms with Crippen molar-refractivity contribution in [1.82, 2.24) is 5.32 Å². The average Bonchev–Trinajstić information content (AvgIpc) is 2.52. The second-order valence-electron chi connectivity index (χ2n) is 3.79. The number of alkyl halides is 2. The highest BCUT2D eigenvalue weighted by molar-refractivity contribution is 5.74. The Morgan fingerprint density at radius 1 is 1.54 bits per heavy atom. The van der Waals surface area contributed by atoms with Gasteiger partial charge in [-0.15, -0.1) is 0 Å². The Balaban J connectivity index is 2.16. The summed E-state index contributed by atoms with van der Waals surface area (Å²) in [5, 5.41) is 11.4. The van der Waals surface area contributed by atoms with E-state index in [9.17, 15) is 13.6 Å². The first kappa shape index (κ1) is 8.87. The third-order valence-electron chi connectivity index (χ3n) is 3.12. The average molecular weight is 191 g/mol. The highest BCUT2D eigenvalue weighted by Crippen LogP contribution is 2.47. The molecule has 3 nitrogen and oxygen atoms in total. The summed E-state index contributed by atoms with van der Waals surface area (Å²) in [7, 11) is 0. The molecule has 2 N–H and O–H groups in total. The van der Waals surface area contributed by atoms with Crippen molar-refractivity contribution in [3.05, 3.63) is 0 Å². The second kappa shape index (κ2) is 2.64. The zero-order chi connectivity index (χ0) is 9.64. The number of hydrogen-bond donors (Lipinski definition) is 2. The molecule has 74 valence electrons. The molecular weight excluding hydrogens is 180 g/mol. The van der Waals surface area contributed by atoms with E-state index in [-0.39, 0.29) is 18.9 Å². The number of fused-ring (bicyclic) bond motifs is 1. The third kappa shape index (κ3) is 1.22. The van der Waals surface area contributed by atoms with Crippen LogP contribution in [0.3, 0.4) is 0 Å². The van der Waals surface area contributed by atoms with Gasteiger partial charge in [-0.05, 0) is 12.3 Å². The van der Waals surface area contributed by atoms with Crippen molar-refractivity contribution in [2.45, 2.75) is 24.8 Å². The summed E-state index contributed by atoms with van der Waals surface area (Å²) in [6.45, 7) is 0.134. The molecule has 2 rings (SSSR count). The van der Waals surface area contributed by atoms with Gasteiger partial charge in [-0.25, -0.2) is 8.78 Å². The van der Waals surface area contributed by atoms with Gasteiger partial charge in [0.1, 0.15) is 6.04 Å². The number of nitrogens with one attached hydrogen (secondary N) is 1. The van der Waals surface area contributed by atoms with Crippen LogP contribution in [0, 0.1) is 11.8 Å². The fraction of sp³-hybridized carbons (Fsp3) is 0.875. The lowest BCUT2D eigenvalue weighted by molar-refractivity contribution is -0.140. The molecule has 0 aromatic heterocycles. The minimum atomic E-state index is -2.66. The maximum atomic E-state index is 13.1. The van der Waals surface area contributed by atoms with Gasteiger partial charge in [0.2, 0.25) is 0 Å². The topological polar surface area (TPSA) is 49.3 Å². The maximum absolute atomic E-state index is 13.1. The maximum Gasteiger partial charge on any atom is 0.320 e. The molecule has 0 bridgehead atoms. The van der Waals surface area contributed by atoms with Crippen molar-refractivity contribution in [3.8, 4) is 0 Å². The first-order chi connectivity index (χ1) is 6.02. The van der Waals surface area contributed by atoms with Crippen molar-refractivity contribution in [2.75, 3.05) is 6.54 Å². The predicted molar refractivity (Wildman–Crippen MR) is 40.6 cm³/mol. The van der Waals surface area contributed by atoms with Gasteiger partial charge in [0.25, 0.3) is 5.92 Å². The van der Waals surface area contributed by atoms with Gasteiger partial charge < -0.3 is 10.4 Å². The van der Waals surface area contributed by atoms with E-state index in [2.05, 4.69) is 5.32 Å². The molecule has 0 amide bonds. The van der Waals surface area contributed by atoms with Crippen LogP contribution in [-0.2, 0) is 4.79 Å². The molecule has 13 heavy (non-hydrogen) atoms. The Hall–Kier alpha value is -0.710. The highest BCUT2D eigenvalue weighted by atomic mass is 19.3. The molecular formula is C8H11F2NO2. The largest absolute Gasteiger partial charge is 0.480 e. The summed E-state index contributed by atoms with van der Waals surface area (Å²) in [5.74, 6) is -4.83. The van der Waals surface area contributed by atoms with Crippen molar-refractivity contribution >= 4 is 5.97 Å². The number of carboxylic acids is 1. The molecule has 2 aliphatic rings. The van der Waals surface area contributed by atoms with Gasteiger partial charge in [-0.2, -0.15) is 0 Å². The molecule has 0 radical (unpaired) electrons. The molecule has 0 unspecified atom stereocenters. The van der Waals surface area contributed by atoms with E-state index < -0.39 is 23.9 Å². The van der Waals surface area contributed by atoms with E-state index in [0.29, 0.717) is 6.42 Å². The van der Waals surface area contributed by atoms with Crippen LogP contribution in [0.2, 0.25) is 0 Å². The summed E-state index contributed by atoms with van der Waals surface area (Å²) in [6, 6.07) is -0.765. The number of aliphatic carboxylic acids is 1. The molecule has 1 saturated heterocycles. The lowest BCUT2D eigenvalue weighted by Gasteiger charge is -2.16. The van der Waals surface area contributed by atoms with Crippen LogP contribution < -0.4 is 5.32 Å². The molecule has 1 heterocycles. The van der Waals surface area contributed by atoms with Gasteiger partial charge >= 0.3 is 5.97 Å². The Kier molecular flexibility index (Phi) is 1.80. The SMILES string of the molecule is O=C(O)[C@H]1NC[C@@H]2[C@@H]1CCC2(F)F. The summed E-state index contributed by atoms with van der Waals surface area (Å²) in [5.41, 5.74) is 0. The molecule has 0 aromatic rings. The van der Waals surface area contributed by atoms with Gasteiger partial charge in [-0.1, -0.05) is 0 Å². The molecule has 1 saturated carbocycles. The number of halogens is 2. The van der Waals surface area contributed by atoms with E-state index in [0.717, 1.165) is 0 Å². The van der Waals surface area contributed by atoms with Gasteiger partial charge in [-0.3, -0.25) is 4.79 Å². The Morgan fingerprint density at radius 3 is 2.85 bits per heavy atom. The van der Waals surface area contributed by atoms with Crippen LogP contribution in [0.4, 0.5) is 8.78 Å². The summed E-state index contributed by atoms with van der Waals surface area (Å²) in [4.78, 5) is 10.6. The van der Waals surface area contributed by atoms with Crippen LogP contribution in [0.25, 0.3) is 0 Å². The monoisotopic (exact) mass is 191 g/mol. The van der Waals surface area contributed by atoms with E-state index >= 15 is 0 Å². The highest BCUT2D eigenvalue weighted by Gasteiger charge is 2.56. The van der Waals surface area contributed by atoms with Gasteiger partial charge in [0.15, 0.2) is 0 Å². The lowest BCUT2D eigenvalue weighted by atomic mass is 9.93. The van der Waals surface area contributed by atoms with Crippen LogP contribution in [0.5, 0.6) is 0 Å². The summed E-state index contributed by atoms with van der Waals surface area (Å²) in [6.07, 6.45) is 0.162. The Labute approximate surface area is 74.1 Å². The van der Waals surface area contributed by atoms with E-state index in [1.54, 1.807) is 0 Å². The standard InChI is InChI=1S/C8H11F2NO2/c9-8(10)2-1-4-5(8)3-11-6(4)7(12)13/h4-6,11H,1-3H2,(H,12,13)/t4-,5+,6-/m0/s1. The number of hydrogen-bond acceptors (Lipinski definition) is 2. The Bertz CT molecular complexity index is 244. The van der Waals surface area contributed by atoms with Crippen LogP contribution >= 0.6 is 0 Å². The van der Waals surface area contributed by atoms with Crippen LogP contribution in [0.15, 0.2) is 0 Å². The molecule has 0 aromatic carbocycles. The van der Waals surface area contributed by atoms with Crippen molar-refractivity contribution in [3.63, 3.8) is 0 Å². The number of carboxylic acid groups (broad SMARTS) is 1. The molecule has 0 spiro atoms. The normalized spacial score (nSPS) is 41.8.